The molecule has 0 saturated heterocycles. The molecular formula is C21H25N3O3. The van der Waals surface area contributed by atoms with Crippen LogP contribution in [0.5, 0.6) is 11.5 Å². The number of para-hydroxylation sites is 1. The summed E-state index contributed by atoms with van der Waals surface area (Å²) in [5.41, 5.74) is 3.57. The number of benzene rings is 2. The van der Waals surface area contributed by atoms with Crippen molar-refractivity contribution >= 4 is 11.6 Å². The van der Waals surface area contributed by atoms with Crippen LogP contribution < -0.4 is 19.7 Å². The van der Waals surface area contributed by atoms with Crippen molar-refractivity contribution in [3.05, 3.63) is 53.6 Å². The quantitative estimate of drug-likeness (QED) is 0.848. The van der Waals surface area contributed by atoms with Gasteiger partial charge in [-0.2, -0.15) is 0 Å². The van der Waals surface area contributed by atoms with Crippen molar-refractivity contribution in [2.24, 2.45) is 0 Å². The van der Waals surface area contributed by atoms with Crippen molar-refractivity contribution in [1.82, 2.24) is 10.2 Å². The highest BCUT2D eigenvalue weighted by atomic mass is 16.7. The Bertz CT molecular complexity index is 837. The number of hydrogen-bond acceptors (Lipinski definition) is 5. The van der Waals surface area contributed by atoms with Crippen LogP contribution in [0.25, 0.3) is 0 Å². The standard InChI is InChI=1S/C21H25N3O3/c1-23(2)20(16-7-8-18-19(13-16)27-14-26-18)21(25)22-10-12-24-11-9-15-5-3-4-6-17(15)24/h3-8,13,20H,9-12,14H2,1-2H3,(H,22,25)/t20-/m0/s1. The fraction of sp³-hybridized carbons (Fsp3) is 0.381. The molecule has 142 valence electrons. The molecule has 4 rings (SSSR count). The third kappa shape index (κ3) is 3.57. The minimum atomic E-state index is -0.370. The summed E-state index contributed by atoms with van der Waals surface area (Å²) in [5, 5.41) is 3.09. The maximum absolute atomic E-state index is 12.9. The zero-order valence-corrected chi connectivity index (χ0v) is 15.8. The highest BCUT2D eigenvalue weighted by Crippen LogP contribution is 2.35. The van der Waals surface area contributed by atoms with Gasteiger partial charge in [-0.25, -0.2) is 0 Å². The molecule has 6 heteroatoms. The van der Waals surface area contributed by atoms with Crippen LogP contribution >= 0.6 is 0 Å². The number of carbonyl (C=O) groups is 1. The van der Waals surface area contributed by atoms with E-state index in [-0.39, 0.29) is 18.7 Å². The normalized spacial score (nSPS) is 15.7. The molecule has 0 aliphatic carbocycles. The SMILES string of the molecule is CN(C)[C@H](C(=O)NCCN1CCc2ccccc21)c1ccc2c(c1)OCO2. The number of fused-ring (bicyclic) bond motifs is 2. The fourth-order valence-corrected chi connectivity index (χ4v) is 3.82. The van der Waals surface area contributed by atoms with Gasteiger partial charge in [-0.15, -0.1) is 0 Å². The molecule has 2 aliphatic heterocycles. The Morgan fingerprint density at radius 1 is 1.19 bits per heavy atom. The van der Waals surface area contributed by atoms with Gasteiger partial charge in [-0.3, -0.25) is 9.69 Å². The average Bonchev–Trinajstić information content (AvgIpc) is 3.28. The van der Waals surface area contributed by atoms with E-state index in [1.165, 1.54) is 11.3 Å². The van der Waals surface area contributed by atoms with Crippen molar-refractivity contribution in [1.29, 1.82) is 0 Å². The molecule has 0 radical (unpaired) electrons. The number of nitrogens with zero attached hydrogens (tertiary/aromatic N) is 2. The maximum atomic E-state index is 12.9. The monoisotopic (exact) mass is 367 g/mol. The van der Waals surface area contributed by atoms with Gasteiger partial charge >= 0.3 is 0 Å². The number of hydrogen-bond donors (Lipinski definition) is 1. The Kier molecular flexibility index (Phi) is 4.90. The number of rotatable bonds is 6. The van der Waals surface area contributed by atoms with Crippen molar-refractivity contribution in [3.8, 4) is 11.5 Å². The topological polar surface area (TPSA) is 54.0 Å². The van der Waals surface area contributed by atoms with E-state index in [0.717, 1.165) is 30.8 Å². The van der Waals surface area contributed by atoms with Gasteiger partial charge in [0, 0.05) is 25.3 Å². The van der Waals surface area contributed by atoms with E-state index in [2.05, 4.69) is 34.5 Å². The summed E-state index contributed by atoms with van der Waals surface area (Å²) in [7, 11) is 3.82. The molecule has 2 heterocycles. The van der Waals surface area contributed by atoms with Crippen LogP contribution in [0.1, 0.15) is 17.2 Å². The van der Waals surface area contributed by atoms with Gasteiger partial charge in [0.15, 0.2) is 11.5 Å². The van der Waals surface area contributed by atoms with E-state index in [9.17, 15) is 4.79 Å². The summed E-state index contributed by atoms with van der Waals surface area (Å²) in [6.07, 6.45) is 1.07. The molecule has 1 N–H and O–H groups in total. The average molecular weight is 367 g/mol. The first kappa shape index (κ1) is 17.7. The van der Waals surface area contributed by atoms with Gasteiger partial charge in [0.25, 0.3) is 0 Å². The van der Waals surface area contributed by atoms with Crippen molar-refractivity contribution in [2.75, 3.05) is 45.4 Å². The maximum Gasteiger partial charge on any atom is 0.242 e. The first-order valence-corrected chi connectivity index (χ1v) is 9.30. The molecule has 27 heavy (non-hydrogen) atoms. The molecule has 0 bridgehead atoms. The molecule has 0 unspecified atom stereocenters. The Morgan fingerprint density at radius 2 is 2.00 bits per heavy atom. The van der Waals surface area contributed by atoms with Gasteiger partial charge in [-0.05, 0) is 49.8 Å². The van der Waals surface area contributed by atoms with Crippen LogP contribution in [0.15, 0.2) is 42.5 Å². The summed E-state index contributed by atoms with van der Waals surface area (Å²) in [6, 6.07) is 13.8. The molecule has 0 fully saturated rings. The van der Waals surface area contributed by atoms with Crippen molar-refractivity contribution in [3.63, 3.8) is 0 Å². The van der Waals surface area contributed by atoms with Crippen molar-refractivity contribution < 1.29 is 14.3 Å². The van der Waals surface area contributed by atoms with Crippen molar-refractivity contribution in [2.45, 2.75) is 12.5 Å². The number of amides is 1. The molecule has 1 atom stereocenters. The van der Waals surface area contributed by atoms with Gasteiger partial charge in [-0.1, -0.05) is 24.3 Å². The van der Waals surface area contributed by atoms with Gasteiger partial charge in [0.1, 0.15) is 6.04 Å². The number of anilines is 1. The summed E-state index contributed by atoms with van der Waals surface area (Å²) in [5.74, 6) is 1.41. The second-order valence-corrected chi connectivity index (χ2v) is 7.14. The van der Waals surface area contributed by atoms with E-state index in [1.54, 1.807) is 0 Å². The van der Waals surface area contributed by atoms with Crippen LogP contribution in [0.2, 0.25) is 0 Å². The highest BCUT2D eigenvalue weighted by Gasteiger charge is 2.26. The zero-order valence-electron chi connectivity index (χ0n) is 15.8. The number of ether oxygens (including phenoxy) is 2. The zero-order chi connectivity index (χ0) is 18.8. The minimum Gasteiger partial charge on any atom is -0.454 e. The van der Waals surface area contributed by atoms with Crippen LogP contribution in [-0.2, 0) is 11.2 Å². The Morgan fingerprint density at radius 3 is 2.85 bits per heavy atom. The predicted octanol–water partition coefficient (Wildman–Crippen LogP) is 2.20. The second-order valence-electron chi connectivity index (χ2n) is 7.14. The lowest BCUT2D eigenvalue weighted by Gasteiger charge is -2.25. The summed E-state index contributed by atoms with van der Waals surface area (Å²) in [6.45, 7) is 2.66. The summed E-state index contributed by atoms with van der Waals surface area (Å²) < 4.78 is 10.8. The summed E-state index contributed by atoms with van der Waals surface area (Å²) >= 11 is 0. The van der Waals surface area contributed by atoms with Crippen LogP contribution in [0, 0.1) is 0 Å². The van der Waals surface area contributed by atoms with Gasteiger partial charge in [0.2, 0.25) is 12.7 Å². The van der Waals surface area contributed by atoms with Crippen LogP contribution in [0.3, 0.4) is 0 Å². The Balaban J connectivity index is 1.39. The van der Waals surface area contributed by atoms with Crippen LogP contribution in [-0.4, -0.2) is 51.3 Å². The third-order valence-corrected chi connectivity index (χ3v) is 5.14. The number of carbonyl (C=O) groups excluding carboxylic acids is 1. The molecule has 2 aromatic carbocycles. The summed E-state index contributed by atoms with van der Waals surface area (Å²) in [4.78, 5) is 17.1. The largest absolute Gasteiger partial charge is 0.454 e. The highest BCUT2D eigenvalue weighted by molar-refractivity contribution is 5.83. The van der Waals surface area contributed by atoms with E-state index in [1.807, 2.05) is 37.2 Å². The molecule has 0 saturated carbocycles. The molecule has 6 nitrogen and oxygen atoms in total. The van der Waals surface area contributed by atoms with Gasteiger partial charge < -0.3 is 19.7 Å². The van der Waals surface area contributed by atoms with Gasteiger partial charge in [0.05, 0.1) is 0 Å². The van der Waals surface area contributed by atoms with E-state index in [4.69, 9.17) is 9.47 Å². The van der Waals surface area contributed by atoms with E-state index >= 15 is 0 Å². The van der Waals surface area contributed by atoms with E-state index < -0.39 is 0 Å². The molecular weight excluding hydrogens is 342 g/mol. The molecule has 0 aromatic heterocycles. The minimum absolute atomic E-state index is 0.00801. The lowest BCUT2D eigenvalue weighted by molar-refractivity contribution is -0.125. The third-order valence-electron chi connectivity index (χ3n) is 5.14. The lowest BCUT2D eigenvalue weighted by Crippen LogP contribution is -2.40. The first-order valence-electron chi connectivity index (χ1n) is 9.30. The molecule has 0 spiro atoms. The number of nitrogens with one attached hydrogen (secondary N) is 1. The molecule has 2 aromatic rings. The number of likely N-dealkylation sites (N-methyl/N-ethyl adjacent to an activating group) is 1. The van der Waals surface area contributed by atoms with E-state index in [0.29, 0.717) is 12.3 Å². The first-order chi connectivity index (χ1) is 13.1. The lowest BCUT2D eigenvalue weighted by atomic mass is 10.0. The second kappa shape index (κ2) is 7.48. The van der Waals surface area contributed by atoms with Crippen LogP contribution in [0.4, 0.5) is 5.69 Å². The molecule has 1 amide bonds. The molecule has 2 aliphatic rings. The Hall–Kier alpha value is -2.73. The fourth-order valence-electron chi connectivity index (χ4n) is 3.82. The predicted molar refractivity (Wildman–Crippen MR) is 104 cm³/mol. The Labute approximate surface area is 159 Å². The smallest absolute Gasteiger partial charge is 0.242 e.